The molecular weight excluding hydrogens is 418 g/mol. The third-order valence-corrected chi connectivity index (χ3v) is 5.43. The number of nitrogens with zero attached hydrogens (tertiary/aromatic N) is 2. The van der Waals surface area contributed by atoms with E-state index in [9.17, 15) is 9.59 Å². The topological polar surface area (TPSA) is 54.3 Å². The molecule has 2 aromatic carbocycles. The Morgan fingerprint density at radius 1 is 1.03 bits per heavy atom. The van der Waals surface area contributed by atoms with Crippen molar-refractivity contribution in [2.45, 2.75) is 13.3 Å². The highest BCUT2D eigenvalue weighted by Crippen LogP contribution is 2.26. The summed E-state index contributed by atoms with van der Waals surface area (Å²) in [7, 11) is 0. The predicted octanol–water partition coefficient (Wildman–Crippen LogP) is 4.52. The van der Waals surface area contributed by atoms with E-state index in [4.69, 9.17) is 23.8 Å². The van der Waals surface area contributed by atoms with Gasteiger partial charge in [-0.05, 0) is 72.7 Å². The maximum atomic E-state index is 13.3. The monoisotopic (exact) mass is 435 g/mol. The van der Waals surface area contributed by atoms with Gasteiger partial charge in [0.2, 0.25) is 0 Å². The molecule has 3 aromatic rings. The van der Waals surface area contributed by atoms with E-state index in [1.54, 1.807) is 18.2 Å². The molecule has 150 valence electrons. The highest BCUT2D eigenvalue weighted by atomic mass is 35.5. The molecule has 30 heavy (non-hydrogen) atoms. The molecule has 0 spiro atoms. The molecule has 1 saturated heterocycles. The van der Waals surface area contributed by atoms with Crippen LogP contribution in [0.4, 0.5) is 5.69 Å². The highest BCUT2D eigenvalue weighted by molar-refractivity contribution is 7.80. The maximum Gasteiger partial charge on any atom is 0.270 e. The van der Waals surface area contributed by atoms with Gasteiger partial charge in [0.15, 0.2) is 5.11 Å². The fourth-order valence-corrected chi connectivity index (χ4v) is 3.80. The molecule has 0 bridgehead atoms. The van der Waals surface area contributed by atoms with Crippen molar-refractivity contribution < 1.29 is 9.59 Å². The quantitative estimate of drug-likeness (QED) is 0.372. The van der Waals surface area contributed by atoms with Gasteiger partial charge in [-0.25, -0.2) is 0 Å². The molecule has 0 atom stereocenters. The van der Waals surface area contributed by atoms with Crippen LogP contribution in [0.3, 0.4) is 0 Å². The number of anilines is 1. The number of amides is 2. The van der Waals surface area contributed by atoms with E-state index in [-0.39, 0.29) is 10.7 Å². The molecule has 2 heterocycles. The van der Waals surface area contributed by atoms with Crippen LogP contribution in [0, 0.1) is 0 Å². The van der Waals surface area contributed by atoms with Crippen LogP contribution in [0.5, 0.6) is 0 Å². The smallest absolute Gasteiger partial charge is 0.270 e. The Kier molecular flexibility index (Phi) is 5.53. The van der Waals surface area contributed by atoms with Crippen molar-refractivity contribution >= 4 is 52.5 Å². The molecule has 0 radical (unpaired) electrons. The molecule has 7 heteroatoms. The molecule has 5 nitrogen and oxygen atoms in total. The number of hydrogen-bond donors (Lipinski definition) is 1. The molecular formula is C23H18ClN3O2S. The summed E-state index contributed by atoms with van der Waals surface area (Å²) in [4.78, 5) is 27.3. The van der Waals surface area contributed by atoms with Crippen LogP contribution in [-0.4, -0.2) is 21.5 Å². The zero-order valence-corrected chi connectivity index (χ0v) is 17.7. The van der Waals surface area contributed by atoms with E-state index < -0.39 is 11.8 Å². The lowest BCUT2D eigenvalue weighted by Crippen LogP contribution is -2.54. The van der Waals surface area contributed by atoms with E-state index in [0.717, 1.165) is 17.7 Å². The van der Waals surface area contributed by atoms with Gasteiger partial charge in [-0.15, -0.1) is 0 Å². The highest BCUT2D eigenvalue weighted by Gasteiger charge is 2.35. The Hall–Kier alpha value is -3.22. The van der Waals surface area contributed by atoms with Crippen LogP contribution in [-0.2, 0) is 16.0 Å². The van der Waals surface area contributed by atoms with Gasteiger partial charge in [0.1, 0.15) is 5.57 Å². The van der Waals surface area contributed by atoms with Crippen LogP contribution >= 0.6 is 23.8 Å². The van der Waals surface area contributed by atoms with Crippen molar-refractivity contribution in [3.63, 3.8) is 0 Å². The van der Waals surface area contributed by atoms with Crippen molar-refractivity contribution in [3.05, 3.63) is 88.7 Å². The zero-order chi connectivity index (χ0) is 21.3. The summed E-state index contributed by atoms with van der Waals surface area (Å²) in [5, 5.41) is 3.35. The number of thiocarbonyl (C=S) groups is 1. The summed E-state index contributed by atoms with van der Waals surface area (Å²) in [5.41, 5.74) is 3.21. The zero-order valence-electron chi connectivity index (χ0n) is 16.1. The third-order valence-electron chi connectivity index (χ3n) is 4.89. The third kappa shape index (κ3) is 3.67. The summed E-state index contributed by atoms with van der Waals surface area (Å²) in [6.45, 7) is 2.00. The minimum absolute atomic E-state index is 0.0171. The SMILES string of the molecule is CCc1ccccc1N1C(=O)/C(=C\c2cccn2-c2ccc(Cl)cc2)C(=O)NC1=S. The van der Waals surface area contributed by atoms with Crippen LogP contribution < -0.4 is 10.2 Å². The van der Waals surface area contributed by atoms with Crippen molar-refractivity contribution in [1.82, 2.24) is 9.88 Å². The summed E-state index contributed by atoms with van der Waals surface area (Å²) in [6, 6.07) is 18.5. The minimum atomic E-state index is -0.515. The number of aryl methyl sites for hydroxylation is 1. The Bertz CT molecular complexity index is 1180. The second kappa shape index (κ2) is 8.26. The Labute approximate surface area is 184 Å². The van der Waals surface area contributed by atoms with Crippen molar-refractivity contribution in [2.75, 3.05) is 4.90 Å². The van der Waals surface area contributed by atoms with Crippen LogP contribution in [0.15, 0.2) is 72.4 Å². The molecule has 1 aromatic heterocycles. The fraction of sp³-hybridized carbons (Fsp3) is 0.0870. The first-order chi connectivity index (χ1) is 14.5. The largest absolute Gasteiger partial charge is 0.317 e. The number of benzene rings is 2. The number of halogens is 1. The van der Waals surface area contributed by atoms with Gasteiger partial charge >= 0.3 is 0 Å². The van der Waals surface area contributed by atoms with Gasteiger partial charge in [-0.3, -0.25) is 19.8 Å². The fourth-order valence-electron chi connectivity index (χ4n) is 3.40. The summed E-state index contributed by atoms with van der Waals surface area (Å²) in [5.74, 6) is -0.965. The number of hydrogen-bond acceptors (Lipinski definition) is 3. The van der Waals surface area contributed by atoms with E-state index in [1.165, 1.54) is 4.90 Å². The number of rotatable bonds is 4. The number of para-hydroxylation sites is 1. The average molecular weight is 436 g/mol. The minimum Gasteiger partial charge on any atom is -0.317 e. The second-order valence-electron chi connectivity index (χ2n) is 6.72. The molecule has 1 fully saturated rings. The Balaban J connectivity index is 1.76. The first-order valence-electron chi connectivity index (χ1n) is 9.42. The first-order valence-corrected chi connectivity index (χ1v) is 10.2. The standard InChI is InChI=1S/C23H18ClN3O2S/c1-2-15-6-3-4-8-20(15)27-22(29)19(21(28)25-23(27)30)14-18-7-5-13-26(18)17-11-9-16(24)10-12-17/h3-14H,2H2,1H3,(H,25,28,30)/b19-14-. The number of carbonyl (C=O) groups is 2. The van der Waals surface area contributed by atoms with E-state index in [1.807, 2.05) is 66.2 Å². The van der Waals surface area contributed by atoms with Gasteiger partial charge in [0.25, 0.3) is 11.8 Å². The van der Waals surface area contributed by atoms with Gasteiger partial charge in [0.05, 0.1) is 5.69 Å². The van der Waals surface area contributed by atoms with Crippen LogP contribution in [0.1, 0.15) is 18.2 Å². The van der Waals surface area contributed by atoms with E-state index >= 15 is 0 Å². The summed E-state index contributed by atoms with van der Waals surface area (Å²) < 4.78 is 1.88. The second-order valence-corrected chi connectivity index (χ2v) is 7.54. The summed E-state index contributed by atoms with van der Waals surface area (Å²) in [6.07, 6.45) is 4.17. The number of carbonyl (C=O) groups excluding carboxylic acids is 2. The Morgan fingerprint density at radius 3 is 2.50 bits per heavy atom. The molecule has 1 aliphatic rings. The molecule has 0 saturated carbocycles. The van der Waals surface area contributed by atoms with E-state index in [0.29, 0.717) is 16.4 Å². The molecule has 0 aliphatic carbocycles. The van der Waals surface area contributed by atoms with Gasteiger partial charge in [0, 0.05) is 22.6 Å². The number of aromatic nitrogens is 1. The van der Waals surface area contributed by atoms with Crippen molar-refractivity contribution in [3.8, 4) is 5.69 Å². The Morgan fingerprint density at radius 2 is 1.77 bits per heavy atom. The van der Waals surface area contributed by atoms with Crippen molar-refractivity contribution in [1.29, 1.82) is 0 Å². The molecule has 1 aliphatic heterocycles. The van der Waals surface area contributed by atoms with Crippen molar-refractivity contribution in [2.24, 2.45) is 0 Å². The van der Waals surface area contributed by atoms with Gasteiger partial charge in [-0.2, -0.15) is 0 Å². The molecule has 2 amide bonds. The normalized spacial score (nSPS) is 15.6. The van der Waals surface area contributed by atoms with Gasteiger partial charge < -0.3 is 4.57 Å². The number of nitrogens with one attached hydrogen (secondary N) is 1. The summed E-state index contributed by atoms with van der Waals surface area (Å²) >= 11 is 11.3. The molecule has 0 unspecified atom stereocenters. The van der Waals surface area contributed by atoms with Crippen LogP contribution in [0.25, 0.3) is 11.8 Å². The lowest BCUT2D eigenvalue weighted by atomic mass is 10.1. The molecule has 4 rings (SSSR count). The first kappa shape index (κ1) is 20.1. The lowest BCUT2D eigenvalue weighted by molar-refractivity contribution is -0.122. The van der Waals surface area contributed by atoms with E-state index in [2.05, 4.69) is 5.32 Å². The predicted molar refractivity (Wildman–Crippen MR) is 123 cm³/mol. The van der Waals surface area contributed by atoms with Gasteiger partial charge in [-0.1, -0.05) is 36.7 Å². The lowest BCUT2D eigenvalue weighted by Gasteiger charge is -2.30. The molecule has 1 N–H and O–H groups in total. The maximum absolute atomic E-state index is 13.3. The van der Waals surface area contributed by atoms with Crippen LogP contribution in [0.2, 0.25) is 5.02 Å². The average Bonchev–Trinajstić information content (AvgIpc) is 3.20.